The zero-order chi connectivity index (χ0) is 19.2. The van der Waals surface area contributed by atoms with Crippen LogP contribution in [0.25, 0.3) is 0 Å². The summed E-state index contributed by atoms with van der Waals surface area (Å²) in [4.78, 5) is 14.0. The van der Waals surface area contributed by atoms with Crippen LogP contribution in [0.5, 0.6) is 0 Å². The van der Waals surface area contributed by atoms with E-state index in [0.717, 1.165) is 12.8 Å². The van der Waals surface area contributed by atoms with Crippen molar-refractivity contribution in [3.8, 4) is 6.07 Å². The molecule has 2 rings (SSSR count). The standard InChI is InChI=1S/C19H21N3O3S/c1-3-4-11-22(2)19(23)16-8-6-10-18(13-16)26(24,25)21-17-9-5-7-15(12-17)14-20/h5-10,12-13,21H,3-4,11H2,1-2H3. The van der Waals surface area contributed by atoms with Crippen LogP contribution in [0.15, 0.2) is 53.4 Å². The second-order valence-electron chi connectivity index (χ2n) is 5.91. The van der Waals surface area contributed by atoms with Crippen LogP contribution in [-0.4, -0.2) is 32.8 Å². The largest absolute Gasteiger partial charge is 0.342 e. The molecule has 0 fully saturated rings. The molecule has 0 unspecified atom stereocenters. The maximum Gasteiger partial charge on any atom is 0.261 e. The summed E-state index contributed by atoms with van der Waals surface area (Å²) in [6, 6.07) is 14.1. The van der Waals surface area contributed by atoms with E-state index >= 15 is 0 Å². The highest BCUT2D eigenvalue weighted by Crippen LogP contribution is 2.19. The number of nitrogens with one attached hydrogen (secondary N) is 1. The van der Waals surface area contributed by atoms with Gasteiger partial charge in [0.1, 0.15) is 0 Å². The topological polar surface area (TPSA) is 90.3 Å². The number of sulfonamides is 1. The SMILES string of the molecule is CCCCN(C)C(=O)c1cccc(S(=O)(=O)Nc2cccc(C#N)c2)c1. The predicted octanol–water partition coefficient (Wildman–Crippen LogP) is 3.23. The Morgan fingerprint density at radius 2 is 1.92 bits per heavy atom. The third-order valence-electron chi connectivity index (χ3n) is 3.83. The lowest BCUT2D eigenvalue weighted by Gasteiger charge is -2.17. The van der Waals surface area contributed by atoms with Crippen molar-refractivity contribution in [1.29, 1.82) is 5.26 Å². The molecule has 0 bridgehead atoms. The molecule has 1 amide bonds. The number of anilines is 1. The molecule has 0 saturated carbocycles. The first-order valence-corrected chi connectivity index (χ1v) is 9.74. The fourth-order valence-corrected chi connectivity index (χ4v) is 3.47. The predicted molar refractivity (Wildman–Crippen MR) is 100 cm³/mol. The van der Waals surface area contributed by atoms with Crippen molar-refractivity contribution in [3.63, 3.8) is 0 Å². The van der Waals surface area contributed by atoms with Crippen LogP contribution in [0.1, 0.15) is 35.7 Å². The lowest BCUT2D eigenvalue weighted by atomic mass is 10.2. The van der Waals surface area contributed by atoms with Gasteiger partial charge in [0.2, 0.25) is 0 Å². The Labute approximate surface area is 154 Å². The lowest BCUT2D eigenvalue weighted by molar-refractivity contribution is 0.0793. The summed E-state index contributed by atoms with van der Waals surface area (Å²) >= 11 is 0. The minimum atomic E-state index is -3.87. The van der Waals surface area contributed by atoms with Crippen LogP contribution in [0, 0.1) is 11.3 Å². The molecule has 0 aliphatic rings. The van der Waals surface area contributed by atoms with Crippen molar-refractivity contribution in [1.82, 2.24) is 4.90 Å². The number of carbonyl (C=O) groups excluding carboxylic acids is 1. The van der Waals surface area contributed by atoms with Crippen molar-refractivity contribution in [2.24, 2.45) is 0 Å². The van der Waals surface area contributed by atoms with Gasteiger partial charge < -0.3 is 4.90 Å². The highest BCUT2D eigenvalue weighted by atomic mass is 32.2. The normalized spacial score (nSPS) is 10.8. The van der Waals surface area contributed by atoms with Gasteiger partial charge in [-0.05, 0) is 42.8 Å². The van der Waals surface area contributed by atoms with E-state index in [9.17, 15) is 13.2 Å². The maximum atomic E-state index is 12.6. The molecule has 0 aliphatic carbocycles. The molecule has 1 N–H and O–H groups in total. The van der Waals surface area contributed by atoms with Gasteiger partial charge in [-0.3, -0.25) is 9.52 Å². The maximum absolute atomic E-state index is 12.6. The van der Waals surface area contributed by atoms with Gasteiger partial charge in [-0.25, -0.2) is 8.42 Å². The van der Waals surface area contributed by atoms with Crippen LogP contribution in [0.2, 0.25) is 0 Å². The van der Waals surface area contributed by atoms with Gasteiger partial charge in [-0.15, -0.1) is 0 Å². The van der Waals surface area contributed by atoms with Crippen LogP contribution in [-0.2, 0) is 10.0 Å². The van der Waals surface area contributed by atoms with E-state index in [-0.39, 0.29) is 10.8 Å². The van der Waals surface area contributed by atoms with Crippen LogP contribution >= 0.6 is 0 Å². The smallest absolute Gasteiger partial charge is 0.261 e. The Morgan fingerprint density at radius 1 is 1.19 bits per heavy atom. The van der Waals surface area contributed by atoms with Crippen molar-refractivity contribution < 1.29 is 13.2 Å². The average molecular weight is 371 g/mol. The van der Waals surface area contributed by atoms with E-state index in [1.54, 1.807) is 42.3 Å². The fourth-order valence-electron chi connectivity index (χ4n) is 2.38. The number of amides is 1. The van der Waals surface area contributed by atoms with Crippen molar-refractivity contribution in [3.05, 3.63) is 59.7 Å². The number of nitriles is 1. The number of benzene rings is 2. The summed E-state index contributed by atoms with van der Waals surface area (Å²) in [6.07, 6.45) is 1.86. The van der Waals surface area contributed by atoms with Gasteiger partial charge in [0.05, 0.1) is 22.2 Å². The molecule has 0 radical (unpaired) electrons. The quantitative estimate of drug-likeness (QED) is 0.809. The number of rotatable bonds is 7. The molecule has 0 atom stereocenters. The molecule has 6 nitrogen and oxygen atoms in total. The Balaban J connectivity index is 2.25. The van der Waals surface area contributed by atoms with E-state index in [0.29, 0.717) is 23.4 Å². The molecule has 0 heterocycles. The second-order valence-corrected chi connectivity index (χ2v) is 7.59. The third-order valence-corrected chi connectivity index (χ3v) is 5.21. The number of unbranched alkanes of at least 4 members (excludes halogenated alkanes) is 1. The minimum Gasteiger partial charge on any atom is -0.342 e. The molecule has 0 aliphatic heterocycles. The van der Waals surface area contributed by atoms with Gasteiger partial charge in [0, 0.05) is 19.2 Å². The van der Waals surface area contributed by atoms with Crippen LogP contribution < -0.4 is 4.72 Å². The van der Waals surface area contributed by atoms with E-state index in [4.69, 9.17) is 5.26 Å². The Bertz CT molecular complexity index is 933. The zero-order valence-corrected chi connectivity index (χ0v) is 15.6. The number of hydrogen-bond donors (Lipinski definition) is 1. The molecule has 2 aromatic carbocycles. The number of nitrogens with zero attached hydrogens (tertiary/aromatic N) is 2. The zero-order valence-electron chi connectivity index (χ0n) is 14.8. The Hall–Kier alpha value is -2.85. The van der Waals surface area contributed by atoms with Crippen molar-refractivity contribution in [2.45, 2.75) is 24.7 Å². The molecule has 0 spiro atoms. The van der Waals surface area contributed by atoms with E-state index in [1.165, 1.54) is 18.2 Å². The summed E-state index contributed by atoms with van der Waals surface area (Å²) in [6.45, 7) is 2.66. The molecule has 26 heavy (non-hydrogen) atoms. The highest BCUT2D eigenvalue weighted by molar-refractivity contribution is 7.92. The monoisotopic (exact) mass is 371 g/mol. The molecular weight excluding hydrogens is 350 g/mol. The number of hydrogen-bond acceptors (Lipinski definition) is 4. The second kappa shape index (κ2) is 8.50. The first-order chi connectivity index (χ1) is 12.4. The van der Waals surface area contributed by atoms with Crippen LogP contribution in [0.4, 0.5) is 5.69 Å². The summed E-state index contributed by atoms with van der Waals surface area (Å²) in [5.41, 5.74) is 0.963. The van der Waals surface area contributed by atoms with Gasteiger partial charge in [-0.1, -0.05) is 25.5 Å². The average Bonchev–Trinajstić information content (AvgIpc) is 2.65. The molecular formula is C19H21N3O3S. The van der Waals surface area contributed by atoms with Gasteiger partial charge >= 0.3 is 0 Å². The van der Waals surface area contributed by atoms with Crippen molar-refractivity contribution >= 4 is 21.6 Å². The fraction of sp³-hybridized carbons (Fsp3) is 0.263. The first-order valence-electron chi connectivity index (χ1n) is 8.26. The molecule has 0 saturated heterocycles. The summed E-state index contributed by atoms with van der Waals surface area (Å²) in [5.74, 6) is -0.220. The van der Waals surface area contributed by atoms with E-state index in [2.05, 4.69) is 4.72 Å². The lowest BCUT2D eigenvalue weighted by Crippen LogP contribution is -2.28. The first kappa shape index (κ1) is 19.5. The number of carbonyl (C=O) groups is 1. The molecule has 7 heteroatoms. The molecule has 0 aromatic heterocycles. The van der Waals surface area contributed by atoms with E-state index < -0.39 is 10.0 Å². The molecule has 136 valence electrons. The Morgan fingerprint density at radius 3 is 2.62 bits per heavy atom. The van der Waals surface area contributed by atoms with Crippen LogP contribution in [0.3, 0.4) is 0 Å². The van der Waals surface area contributed by atoms with E-state index in [1.807, 2.05) is 13.0 Å². The Kier molecular flexibility index (Phi) is 6.36. The summed E-state index contributed by atoms with van der Waals surface area (Å²) in [7, 11) is -2.17. The summed E-state index contributed by atoms with van der Waals surface area (Å²) in [5, 5.41) is 8.92. The van der Waals surface area contributed by atoms with Gasteiger partial charge in [-0.2, -0.15) is 5.26 Å². The van der Waals surface area contributed by atoms with Gasteiger partial charge in [0.15, 0.2) is 0 Å². The molecule has 2 aromatic rings. The minimum absolute atomic E-state index is 0.00500. The van der Waals surface area contributed by atoms with Gasteiger partial charge in [0.25, 0.3) is 15.9 Å². The van der Waals surface area contributed by atoms with Crippen molar-refractivity contribution in [2.75, 3.05) is 18.3 Å². The third kappa shape index (κ3) is 4.83. The summed E-state index contributed by atoms with van der Waals surface area (Å²) < 4.78 is 27.6. The highest BCUT2D eigenvalue weighted by Gasteiger charge is 2.18.